The van der Waals surface area contributed by atoms with Gasteiger partial charge in [-0.3, -0.25) is 0 Å². The standard InChI is InChI=1S/C8H11N/c1-7(9)8-5-3-2-4-6-8/h2-5,8H,1,6,9H2. The lowest BCUT2D eigenvalue weighted by Gasteiger charge is -2.10. The van der Waals surface area contributed by atoms with Gasteiger partial charge in [0.05, 0.1) is 0 Å². The van der Waals surface area contributed by atoms with Crippen molar-refractivity contribution in [3.63, 3.8) is 0 Å². The zero-order valence-corrected chi connectivity index (χ0v) is 5.38. The Morgan fingerprint density at radius 1 is 1.56 bits per heavy atom. The highest BCUT2D eigenvalue weighted by atomic mass is 14.6. The topological polar surface area (TPSA) is 26.0 Å². The van der Waals surface area contributed by atoms with E-state index in [-0.39, 0.29) is 0 Å². The highest BCUT2D eigenvalue weighted by Crippen LogP contribution is 2.14. The fourth-order valence-corrected chi connectivity index (χ4v) is 0.856. The number of rotatable bonds is 1. The van der Waals surface area contributed by atoms with Gasteiger partial charge < -0.3 is 5.73 Å². The van der Waals surface area contributed by atoms with Crippen LogP contribution in [0.3, 0.4) is 0 Å². The Labute approximate surface area is 55.6 Å². The first-order valence-corrected chi connectivity index (χ1v) is 3.08. The summed E-state index contributed by atoms with van der Waals surface area (Å²) in [7, 11) is 0. The van der Waals surface area contributed by atoms with E-state index >= 15 is 0 Å². The average Bonchev–Trinajstić information content (AvgIpc) is 1.90. The second kappa shape index (κ2) is 2.53. The molecule has 1 atom stereocenters. The van der Waals surface area contributed by atoms with Crippen LogP contribution in [0.25, 0.3) is 0 Å². The van der Waals surface area contributed by atoms with Crippen molar-refractivity contribution in [2.45, 2.75) is 6.42 Å². The quantitative estimate of drug-likeness (QED) is 0.560. The van der Waals surface area contributed by atoms with Crippen molar-refractivity contribution in [3.05, 3.63) is 36.6 Å². The Bertz CT molecular complexity index is 165. The molecule has 1 aliphatic carbocycles. The molecule has 0 bridgehead atoms. The van der Waals surface area contributed by atoms with Gasteiger partial charge in [0.25, 0.3) is 0 Å². The summed E-state index contributed by atoms with van der Waals surface area (Å²) in [6, 6.07) is 0. The van der Waals surface area contributed by atoms with Crippen LogP contribution in [-0.4, -0.2) is 0 Å². The van der Waals surface area contributed by atoms with Gasteiger partial charge in [0.15, 0.2) is 0 Å². The van der Waals surface area contributed by atoms with Crippen LogP contribution >= 0.6 is 0 Å². The highest BCUT2D eigenvalue weighted by Gasteiger charge is 2.04. The summed E-state index contributed by atoms with van der Waals surface area (Å²) in [5.41, 5.74) is 6.25. The maximum Gasteiger partial charge on any atom is 0.0196 e. The average molecular weight is 121 g/mol. The Morgan fingerprint density at radius 3 is 2.67 bits per heavy atom. The zero-order valence-electron chi connectivity index (χ0n) is 5.38. The van der Waals surface area contributed by atoms with Gasteiger partial charge in [0.2, 0.25) is 0 Å². The fraction of sp³-hybridized carbons (Fsp3) is 0.250. The maximum atomic E-state index is 5.49. The number of allylic oxidation sites excluding steroid dienone is 4. The normalized spacial score (nSPS) is 24.2. The zero-order chi connectivity index (χ0) is 6.69. The van der Waals surface area contributed by atoms with Crippen molar-refractivity contribution in [2.24, 2.45) is 11.7 Å². The molecule has 0 aromatic heterocycles. The molecule has 0 amide bonds. The van der Waals surface area contributed by atoms with Gasteiger partial charge in [-0.15, -0.1) is 0 Å². The lowest BCUT2D eigenvalue weighted by Crippen LogP contribution is -2.08. The molecular formula is C8H11N. The van der Waals surface area contributed by atoms with Crippen molar-refractivity contribution < 1.29 is 0 Å². The van der Waals surface area contributed by atoms with E-state index in [1.165, 1.54) is 0 Å². The Balaban J connectivity index is 2.56. The smallest absolute Gasteiger partial charge is 0.0196 e. The van der Waals surface area contributed by atoms with E-state index in [0.29, 0.717) is 5.92 Å². The summed E-state index contributed by atoms with van der Waals surface area (Å²) < 4.78 is 0. The lowest BCUT2D eigenvalue weighted by atomic mass is 9.99. The van der Waals surface area contributed by atoms with Crippen molar-refractivity contribution >= 4 is 0 Å². The van der Waals surface area contributed by atoms with Crippen LogP contribution in [-0.2, 0) is 0 Å². The molecule has 9 heavy (non-hydrogen) atoms. The number of nitrogens with two attached hydrogens (primary N) is 1. The Hall–Kier alpha value is -0.980. The number of hydrogen-bond donors (Lipinski definition) is 1. The molecule has 0 radical (unpaired) electrons. The van der Waals surface area contributed by atoms with E-state index in [1.807, 2.05) is 12.2 Å². The summed E-state index contributed by atoms with van der Waals surface area (Å²) in [6.45, 7) is 3.67. The molecule has 0 spiro atoms. The van der Waals surface area contributed by atoms with Gasteiger partial charge in [-0.05, 0) is 6.42 Å². The van der Waals surface area contributed by atoms with Gasteiger partial charge in [-0.2, -0.15) is 0 Å². The predicted octanol–water partition coefficient (Wildman–Crippen LogP) is 1.59. The van der Waals surface area contributed by atoms with Crippen LogP contribution in [0.5, 0.6) is 0 Å². The van der Waals surface area contributed by atoms with E-state index in [1.54, 1.807) is 0 Å². The van der Waals surface area contributed by atoms with Crippen LogP contribution in [0, 0.1) is 5.92 Å². The summed E-state index contributed by atoms with van der Waals surface area (Å²) in [4.78, 5) is 0. The molecule has 1 unspecified atom stereocenters. The first kappa shape index (κ1) is 6.14. The molecule has 0 saturated carbocycles. The van der Waals surface area contributed by atoms with Crippen LogP contribution < -0.4 is 5.73 Å². The van der Waals surface area contributed by atoms with Crippen molar-refractivity contribution in [1.29, 1.82) is 0 Å². The van der Waals surface area contributed by atoms with E-state index in [4.69, 9.17) is 5.73 Å². The van der Waals surface area contributed by atoms with Gasteiger partial charge in [-0.25, -0.2) is 0 Å². The molecule has 1 rings (SSSR count). The largest absolute Gasteiger partial charge is 0.402 e. The lowest BCUT2D eigenvalue weighted by molar-refractivity contribution is 0.759. The minimum atomic E-state index is 0.370. The number of hydrogen-bond acceptors (Lipinski definition) is 1. The summed E-state index contributed by atoms with van der Waals surface area (Å²) in [6.07, 6.45) is 9.21. The Kier molecular flexibility index (Phi) is 1.73. The minimum absolute atomic E-state index is 0.370. The maximum absolute atomic E-state index is 5.49. The molecule has 0 heterocycles. The third kappa shape index (κ3) is 1.46. The van der Waals surface area contributed by atoms with Gasteiger partial charge >= 0.3 is 0 Å². The molecule has 48 valence electrons. The molecule has 0 aromatic carbocycles. The molecule has 2 N–H and O–H groups in total. The summed E-state index contributed by atoms with van der Waals surface area (Å²) >= 11 is 0. The van der Waals surface area contributed by atoms with Crippen molar-refractivity contribution in [3.8, 4) is 0 Å². The van der Waals surface area contributed by atoms with Crippen LogP contribution in [0.2, 0.25) is 0 Å². The van der Waals surface area contributed by atoms with Gasteiger partial charge in [0.1, 0.15) is 0 Å². The highest BCUT2D eigenvalue weighted by molar-refractivity contribution is 5.17. The Morgan fingerprint density at radius 2 is 2.33 bits per heavy atom. The third-order valence-corrected chi connectivity index (χ3v) is 1.46. The van der Waals surface area contributed by atoms with E-state index in [0.717, 1.165) is 12.1 Å². The van der Waals surface area contributed by atoms with Crippen molar-refractivity contribution in [1.82, 2.24) is 0 Å². The summed E-state index contributed by atoms with van der Waals surface area (Å²) in [5, 5.41) is 0. The van der Waals surface area contributed by atoms with E-state index in [2.05, 4.69) is 18.7 Å². The van der Waals surface area contributed by atoms with Crippen LogP contribution in [0.15, 0.2) is 36.6 Å². The molecule has 0 saturated heterocycles. The van der Waals surface area contributed by atoms with E-state index < -0.39 is 0 Å². The van der Waals surface area contributed by atoms with Crippen molar-refractivity contribution in [2.75, 3.05) is 0 Å². The second-order valence-electron chi connectivity index (χ2n) is 2.23. The molecule has 0 aromatic rings. The summed E-state index contributed by atoms with van der Waals surface area (Å²) in [5.74, 6) is 0.370. The first-order valence-electron chi connectivity index (χ1n) is 3.08. The molecule has 0 fully saturated rings. The first-order chi connectivity index (χ1) is 4.30. The van der Waals surface area contributed by atoms with Crippen LogP contribution in [0.4, 0.5) is 0 Å². The molecule has 1 nitrogen and oxygen atoms in total. The molecular weight excluding hydrogens is 110 g/mol. The third-order valence-electron chi connectivity index (χ3n) is 1.46. The molecule has 1 aliphatic rings. The predicted molar refractivity (Wildman–Crippen MR) is 39.7 cm³/mol. The molecule has 1 heteroatoms. The van der Waals surface area contributed by atoms with Gasteiger partial charge in [-0.1, -0.05) is 30.9 Å². The molecule has 0 aliphatic heterocycles. The van der Waals surface area contributed by atoms with Crippen LogP contribution in [0.1, 0.15) is 6.42 Å². The van der Waals surface area contributed by atoms with E-state index in [9.17, 15) is 0 Å². The monoisotopic (exact) mass is 121 g/mol. The minimum Gasteiger partial charge on any atom is -0.402 e. The fourth-order valence-electron chi connectivity index (χ4n) is 0.856. The van der Waals surface area contributed by atoms with Gasteiger partial charge in [0, 0.05) is 11.6 Å². The SMILES string of the molecule is C=C(N)C1C=CC=CC1. The second-order valence-corrected chi connectivity index (χ2v) is 2.23.